The molecule has 20 heavy (non-hydrogen) atoms. The third-order valence-electron chi connectivity index (χ3n) is 3.16. The van der Waals surface area contributed by atoms with Crippen LogP contribution in [0.5, 0.6) is 5.75 Å². The third-order valence-corrected chi connectivity index (χ3v) is 3.16. The molecule has 0 aliphatic rings. The fourth-order valence-electron chi connectivity index (χ4n) is 1.69. The van der Waals surface area contributed by atoms with Crippen LogP contribution < -0.4 is 4.74 Å². The topological polar surface area (TPSA) is 29.5 Å². The molecule has 6 heteroatoms. The van der Waals surface area contributed by atoms with E-state index in [1.54, 1.807) is 31.2 Å². The number of methoxy groups -OCH3 is 1. The highest BCUT2D eigenvalue weighted by Crippen LogP contribution is 2.20. The molecule has 0 fully saturated rings. The Morgan fingerprint density at radius 3 is 2.30 bits per heavy atom. The van der Waals surface area contributed by atoms with E-state index in [1.165, 1.54) is 19.1 Å². The molecule has 112 valence electrons. The van der Waals surface area contributed by atoms with Crippen LogP contribution in [0.3, 0.4) is 0 Å². The van der Waals surface area contributed by atoms with Gasteiger partial charge in [0.25, 0.3) is 0 Å². The van der Waals surface area contributed by atoms with E-state index < -0.39 is 18.6 Å². The highest BCUT2D eigenvalue weighted by Gasteiger charge is 2.29. The van der Waals surface area contributed by atoms with Gasteiger partial charge >= 0.3 is 6.18 Å². The smallest absolute Gasteiger partial charge is 0.390 e. The Morgan fingerprint density at radius 2 is 1.85 bits per heavy atom. The van der Waals surface area contributed by atoms with Crippen LogP contribution in [0.2, 0.25) is 0 Å². The van der Waals surface area contributed by atoms with Crippen molar-refractivity contribution in [3.05, 3.63) is 29.8 Å². The van der Waals surface area contributed by atoms with Crippen LogP contribution in [-0.4, -0.2) is 43.6 Å². The van der Waals surface area contributed by atoms with E-state index in [0.29, 0.717) is 11.3 Å². The molecule has 1 atom stereocenters. The fraction of sp³-hybridized carbons (Fsp3) is 0.500. The zero-order valence-electron chi connectivity index (χ0n) is 11.7. The molecule has 1 unspecified atom stereocenters. The lowest BCUT2D eigenvalue weighted by Gasteiger charge is -2.24. The zero-order chi connectivity index (χ0) is 15.3. The predicted molar refractivity (Wildman–Crippen MR) is 70.1 cm³/mol. The van der Waals surface area contributed by atoms with E-state index in [9.17, 15) is 18.0 Å². The number of Topliss-reactive ketones (excluding diaryl/α,β-unsaturated/α-hetero) is 1. The Bertz CT molecular complexity index is 443. The van der Waals surface area contributed by atoms with E-state index in [-0.39, 0.29) is 12.3 Å². The molecular weight excluding hydrogens is 271 g/mol. The normalized spacial score (nSPS) is 13.3. The number of likely N-dealkylation sites (N-methyl/N-ethyl adjacent to an activating group) is 1. The maximum atomic E-state index is 12.2. The molecule has 0 saturated heterocycles. The standard InChI is InChI=1S/C14H18F3NO2/c1-10(18(2)9-8-14(15,16)17)13(19)11-4-6-12(20-3)7-5-11/h4-7,10H,8-9H2,1-3H3. The maximum Gasteiger partial charge on any atom is 0.390 e. The Hall–Kier alpha value is -1.56. The molecule has 0 aliphatic carbocycles. The summed E-state index contributed by atoms with van der Waals surface area (Å²) in [5.74, 6) is 0.414. The van der Waals surface area contributed by atoms with E-state index in [4.69, 9.17) is 4.74 Å². The summed E-state index contributed by atoms with van der Waals surface area (Å²) in [4.78, 5) is 13.5. The van der Waals surface area contributed by atoms with Gasteiger partial charge in [-0.05, 0) is 38.2 Å². The van der Waals surface area contributed by atoms with Crippen molar-refractivity contribution < 1.29 is 22.7 Å². The molecule has 0 bridgehead atoms. The molecule has 0 saturated carbocycles. The first-order valence-electron chi connectivity index (χ1n) is 6.20. The first-order valence-corrected chi connectivity index (χ1v) is 6.20. The van der Waals surface area contributed by atoms with E-state index in [0.717, 1.165) is 0 Å². The molecule has 0 heterocycles. The Morgan fingerprint density at radius 1 is 1.30 bits per heavy atom. The fourth-order valence-corrected chi connectivity index (χ4v) is 1.69. The number of nitrogens with zero attached hydrogens (tertiary/aromatic N) is 1. The first kappa shape index (κ1) is 16.5. The second-order valence-corrected chi connectivity index (χ2v) is 4.61. The van der Waals surface area contributed by atoms with Crippen LogP contribution in [-0.2, 0) is 0 Å². The lowest BCUT2D eigenvalue weighted by atomic mass is 10.0. The number of ketones is 1. The number of rotatable bonds is 6. The van der Waals surface area contributed by atoms with Crippen LogP contribution in [0.15, 0.2) is 24.3 Å². The van der Waals surface area contributed by atoms with Gasteiger partial charge in [-0.15, -0.1) is 0 Å². The summed E-state index contributed by atoms with van der Waals surface area (Å²) in [6.07, 6.45) is -5.14. The molecule has 1 aromatic carbocycles. The van der Waals surface area contributed by atoms with Crippen molar-refractivity contribution in [1.29, 1.82) is 0 Å². The van der Waals surface area contributed by atoms with Gasteiger partial charge in [0.05, 0.1) is 19.6 Å². The van der Waals surface area contributed by atoms with Crippen molar-refractivity contribution in [1.82, 2.24) is 4.90 Å². The van der Waals surface area contributed by atoms with Gasteiger partial charge < -0.3 is 4.74 Å². The Kier molecular flexibility index (Phi) is 5.56. The van der Waals surface area contributed by atoms with E-state index in [1.807, 2.05) is 0 Å². The molecule has 1 rings (SSSR count). The molecule has 3 nitrogen and oxygen atoms in total. The van der Waals surface area contributed by atoms with Gasteiger partial charge in [0.1, 0.15) is 5.75 Å². The summed E-state index contributed by atoms with van der Waals surface area (Å²) < 4.78 is 41.5. The van der Waals surface area contributed by atoms with Crippen LogP contribution in [0.4, 0.5) is 13.2 Å². The van der Waals surface area contributed by atoms with Crippen molar-refractivity contribution in [2.75, 3.05) is 20.7 Å². The van der Waals surface area contributed by atoms with Crippen molar-refractivity contribution in [2.24, 2.45) is 0 Å². The molecule has 0 spiro atoms. The summed E-state index contributed by atoms with van der Waals surface area (Å²) in [6.45, 7) is 1.40. The highest BCUT2D eigenvalue weighted by atomic mass is 19.4. The van der Waals surface area contributed by atoms with Gasteiger partial charge in [-0.2, -0.15) is 13.2 Å². The minimum absolute atomic E-state index is 0.202. The van der Waals surface area contributed by atoms with Crippen LogP contribution in [0, 0.1) is 0 Å². The number of alkyl halides is 3. The van der Waals surface area contributed by atoms with Gasteiger partial charge in [0.2, 0.25) is 0 Å². The SMILES string of the molecule is COc1ccc(C(=O)C(C)N(C)CCC(F)(F)F)cc1. The largest absolute Gasteiger partial charge is 0.497 e. The number of hydrogen-bond donors (Lipinski definition) is 0. The van der Waals surface area contributed by atoms with Crippen LogP contribution >= 0.6 is 0 Å². The highest BCUT2D eigenvalue weighted by molar-refractivity contribution is 5.99. The van der Waals surface area contributed by atoms with Gasteiger partial charge in [0, 0.05) is 12.1 Å². The molecule has 0 radical (unpaired) electrons. The number of halogens is 3. The summed E-state index contributed by atoms with van der Waals surface area (Å²) in [5, 5.41) is 0. The minimum atomic E-state index is -4.21. The summed E-state index contributed by atoms with van der Waals surface area (Å²) in [7, 11) is 3.03. The third kappa shape index (κ3) is 4.85. The van der Waals surface area contributed by atoms with Gasteiger partial charge in [-0.1, -0.05) is 0 Å². The Balaban J connectivity index is 2.65. The maximum absolute atomic E-state index is 12.2. The number of hydrogen-bond acceptors (Lipinski definition) is 3. The van der Waals surface area contributed by atoms with E-state index in [2.05, 4.69) is 0 Å². The van der Waals surface area contributed by atoms with Gasteiger partial charge in [-0.25, -0.2) is 0 Å². The number of carbonyl (C=O) groups excluding carboxylic acids is 1. The summed E-state index contributed by atoms with van der Waals surface area (Å²) in [5.41, 5.74) is 0.456. The van der Waals surface area contributed by atoms with Gasteiger partial charge in [0.15, 0.2) is 5.78 Å². The molecule has 0 N–H and O–H groups in total. The van der Waals surface area contributed by atoms with Crippen molar-refractivity contribution in [3.63, 3.8) is 0 Å². The lowest BCUT2D eigenvalue weighted by molar-refractivity contribution is -0.137. The average Bonchev–Trinajstić information content (AvgIpc) is 2.42. The zero-order valence-corrected chi connectivity index (χ0v) is 11.7. The number of ether oxygens (including phenoxy) is 1. The summed E-state index contributed by atoms with van der Waals surface area (Å²) in [6, 6.07) is 5.90. The van der Waals surface area contributed by atoms with Gasteiger partial charge in [-0.3, -0.25) is 9.69 Å². The molecule has 1 aromatic rings. The summed E-state index contributed by atoms with van der Waals surface area (Å²) >= 11 is 0. The molecular formula is C14H18F3NO2. The monoisotopic (exact) mass is 289 g/mol. The second-order valence-electron chi connectivity index (χ2n) is 4.61. The Labute approximate surface area is 116 Å². The minimum Gasteiger partial charge on any atom is -0.497 e. The van der Waals surface area contributed by atoms with E-state index >= 15 is 0 Å². The van der Waals surface area contributed by atoms with Crippen LogP contribution in [0.25, 0.3) is 0 Å². The molecule has 0 aliphatic heterocycles. The second kappa shape index (κ2) is 6.74. The lowest BCUT2D eigenvalue weighted by Crippen LogP contribution is -2.38. The average molecular weight is 289 g/mol. The van der Waals surface area contributed by atoms with Crippen molar-refractivity contribution in [2.45, 2.75) is 25.6 Å². The number of benzene rings is 1. The molecule has 0 amide bonds. The van der Waals surface area contributed by atoms with Crippen molar-refractivity contribution in [3.8, 4) is 5.75 Å². The quantitative estimate of drug-likeness (QED) is 0.753. The van der Waals surface area contributed by atoms with Crippen LogP contribution in [0.1, 0.15) is 23.7 Å². The predicted octanol–water partition coefficient (Wildman–Crippen LogP) is 3.15. The number of carbonyl (C=O) groups is 1. The first-order chi connectivity index (χ1) is 9.24. The van der Waals surface area contributed by atoms with Crippen molar-refractivity contribution >= 4 is 5.78 Å². The molecule has 0 aromatic heterocycles.